The van der Waals surface area contributed by atoms with E-state index in [1.807, 2.05) is 0 Å². The Balaban J connectivity index is 1.81. The number of anilines is 2. The number of nitrogens with one attached hydrogen (secondary N) is 2. The fourth-order valence-corrected chi connectivity index (χ4v) is 5.94. The smallest absolute Gasteiger partial charge is 0.291 e. The first-order valence-electron chi connectivity index (χ1n) is 9.73. The number of sulfonamides is 1. The first-order chi connectivity index (χ1) is 15.2. The zero-order valence-electron chi connectivity index (χ0n) is 17.6. The average Bonchev–Trinajstić information content (AvgIpc) is 3.40. The number of aryl methyl sites for hydroxylation is 1. The van der Waals surface area contributed by atoms with Crippen LogP contribution in [0, 0.1) is 6.92 Å². The van der Waals surface area contributed by atoms with Crippen LogP contribution in [0.4, 0.5) is 10.7 Å². The van der Waals surface area contributed by atoms with Gasteiger partial charge in [0.1, 0.15) is 4.90 Å². The van der Waals surface area contributed by atoms with Gasteiger partial charge in [0.15, 0.2) is 5.76 Å². The second-order valence-corrected chi connectivity index (χ2v) is 10.1. The van der Waals surface area contributed by atoms with E-state index in [0.29, 0.717) is 34.2 Å². The van der Waals surface area contributed by atoms with E-state index < -0.39 is 21.8 Å². The lowest BCUT2D eigenvalue weighted by molar-refractivity contribution is 0.0995. The summed E-state index contributed by atoms with van der Waals surface area (Å²) in [6.07, 6.45) is 1.40. The van der Waals surface area contributed by atoms with Crippen LogP contribution in [0.5, 0.6) is 0 Å². The summed E-state index contributed by atoms with van der Waals surface area (Å²) in [5.41, 5.74) is 0.950. The number of amides is 2. The third-order valence-corrected chi connectivity index (χ3v) is 8.30. The molecular weight excluding hydrogens is 474 g/mol. The summed E-state index contributed by atoms with van der Waals surface area (Å²) < 4.78 is 32.1. The lowest BCUT2D eigenvalue weighted by atomic mass is 10.2. The van der Waals surface area contributed by atoms with Crippen LogP contribution < -0.4 is 10.6 Å². The number of benzene rings is 1. The van der Waals surface area contributed by atoms with Gasteiger partial charge in [0, 0.05) is 18.8 Å². The van der Waals surface area contributed by atoms with Gasteiger partial charge in [-0.15, -0.1) is 11.3 Å². The summed E-state index contributed by atoms with van der Waals surface area (Å²) in [5.74, 6) is -0.697. The van der Waals surface area contributed by atoms with Crippen molar-refractivity contribution in [3.8, 4) is 0 Å². The van der Waals surface area contributed by atoms with Gasteiger partial charge in [0.2, 0.25) is 10.0 Å². The molecule has 2 aromatic heterocycles. The number of rotatable bonds is 8. The molecule has 3 rings (SSSR count). The molecule has 3 aromatic rings. The highest BCUT2D eigenvalue weighted by molar-refractivity contribution is 7.89. The summed E-state index contributed by atoms with van der Waals surface area (Å²) in [5, 5.41) is 5.95. The highest BCUT2D eigenvalue weighted by Gasteiger charge is 2.25. The van der Waals surface area contributed by atoms with Crippen LogP contribution in [-0.4, -0.2) is 37.6 Å². The molecule has 170 valence electrons. The van der Waals surface area contributed by atoms with Gasteiger partial charge in [-0.05, 0) is 48.9 Å². The standard InChI is InChI=1S/C21H22ClN3O5S2/c1-4-25(5-2)32(28,29)17-12-14(8-9-15(17)22)23-21(27)19-13(3)11-18(31-19)24-20(26)16-7-6-10-30-16/h6-12H,4-5H2,1-3H3,(H,23,27)(H,24,26). The second-order valence-electron chi connectivity index (χ2n) is 6.74. The van der Waals surface area contributed by atoms with Gasteiger partial charge in [-0.2, -0.15) is 4.31 Å². The highest BCUT2D eigenvalue weighted by Crippen LogP contribution is 2.30. The predicted octanol–water partition coefficient (Wildman–Crippen LogP) is 4.84. The molecule has 0 spiro atoms. The van der Waals surface area contributed by atoms with Crippen LogP contribution in [0.3, 0.4) is 0 Å². The van der Waals surface area contributed by atoms with E-state index in [1.54, 1.807) is 32.9 Å². The molecule has 2 amide bonds. The normalized spacial score (nSPS) is 11.5. The van der Waals surface area contributed by atoms with Crippen LogP contribution in [0.1, 0.15) is 39.6 Å². The van der Waals surface area contributed by atoms with Crippen molar-refractivity contribution >= 4 is 55.5 Å². The summed E-state index contributed by atoms with van der Waals surface area (Å²) in [4.78, 5) is 25.3. The van der Waals surface area contributed by atoms with Gasteiger partial charge >= 0.3 is 0 Å². The molecule has 0 aliphatic heterocycles. The molecule has 0 aliphatic carbocycles. The van der Waals surface area contributed by atoms with Crippen molar-refractivity contribution in [3.05, 3.63) is 63.9 Å². The number of halogens is 1. The molecule has 0 atom stereocenters. The number of nitrogens with zero attached hydrogens (tertiary/aromatic N) is 1. The minimum atomic E-state index is -3.80. The molecule has 0 fully saturated rings. The van der Waals surface area contributed by atoms with E-state index in [0.717, 1.165) is 11.3 Å². The molecular formula is C21H22ClN3O5S2. The van der Waals surface area contributed by atoms with E-state index in [4.69, 9.17) is 16.0 Å². The molecule has 11 heteroatoms. The van der Waals surface area contributed by atoms with E-state index in [9.17, 15) is 18.0 Å². The number of carbonyl (C=O) groups is 2. The van der Waals surface area contributed by atoms with Crippen LogP contribution >= 0.6 is 22.9 Å². The van der Waals surface area contributed by atoms with Crippen LogP contribution in [0.2, 0.25) is 5.02 Å². The van der Waals surface area contributed by atoms with Crippen LogP contribution in [0.25, 0.3) is 0 Å². The molecule has 0 saturated carbocycles. The van der Waals surface area contributed by atoms with Gasteiger partial charge in [-0.1, -0.05) is 25.4 Å². The summed E-state index contributed by atoms with van der Waals surface area (Å²) in [7, 11) is -3.80. The van der Waals surface area contributed by atoms with E-state index >= 15 is 0 Å². The molecule has 32 heavy (non-hydrogen) atoms. The summed E-state index contributed by atoms with van der Waals surface area (Å²) >= 11 is 7.25. The fraction of sp³-hybridized carbons (Fsp3) is 0.238. The van der Waals surface area contributed by atoms with Gasteiger partial charge < -0.3 is 15.1 Å². The first kappa shape index (κ1) is 24.0. The van der Waals surface area contributed by atoms with Crippen molar-refractivity contribution in [2.24, 2.45) is 0 Å². The Bertz CT molecular complexity index is 1230. The molecule has 1 aromatic carbocycles. The number of thiophene rings is 1. The zero-order valence-corrected chi connectivity index (χ0v) is 20.0. The minimum absolute atomic E-state index is 0.0741. The van der Waals surface area contributed by atoms with Gasteiger partial charge in [0.05, 0.1) is 21.2 Å². The Kier molecular flexibility index (Phi) is 7.40. The summed E-state index contributed by atoms with van der Waals surface area (Å²) in [6.45, 7) is 5.82. The number of hydrogen-bond donors (Lipinski definition) is 2. The molecule has 8 nitrogen and oxygen atoms in total. The molecule has 0 aliphatic rings. The maximum absolute atomic E-state index is 12.9. The number of hydrogen-bond acceptors (Lipinski definition) is 6. The predicted molar refractivity (Wildman–Crippen MR) is 125 cm³/mol. The second kappa shape index (κ2) is 9.86. The molecule has 2 heterocycles. The molecule has 0 saturated heterocycles. The van der Waals surface area contributed by atoms with Crippen LogP contribution in [-0.2, 0) is 10.0 Å². The Labute approximate surface area is 195 Å². The average molecular weight is 496 g/mol. The van der Waals surface area contributed by atoms with Gasteiger partial charge in [0.25, 0.3) is 11.8 Å². The zero-order chi connectivity index (χ0) is 23.5. The van der Waals surface area contributed by atoms with Crippen molar-refractivity contribution in [1.29, 1.82) is 0 Å². The lowest BCUT2D eigenvalue weighted by Gasteiger charge is -2.19. The van der Waals surface area contributed by atoms with Crippen molar-refractivity contribution in [3.63, 3.8) is 0 Å². The Morgan fingerprint density at radius 1 is 1.09 bits per heavy atom. The molecule has 0 unspecified atom stereocenters. The molecule has 2 N–H and O–H groups in total. The number of furan rings is 1. The van der Waals surface area contributed by atoms with Gasteiger partial charge in [-0.25, -0.2) is 8.42 Å². The Morgan fingerprint density at radius 3 is 2.44 bits per heavy atom. The van der Waals surface area contributed by atoms with Crippen molar-refractivity contribution in [1.82, 2.24) is 4.31 Å². The van der Waals surface area contributed by atoms with E-state index in [2.05, 4.69) is 10.6 Å². The lowest BCUT2D eigenvalue weighted by Crippen LogP contribution is -2.30. The van der Waals surface area contributed by atoms with Gasteiger partial charge in [-0.3, -0.25) is 9.59 Å². The molecule has 0 bridgehead atoms. The van der Waals surface area contributed by atoms with Crippen molar-refractivity contribution < 1.29 is 22.4 Å². The first-order valence-corrected chi connectivity index (χ1v) is 12.4. The monoisotopic (exact) mass is 495 g/mol. The highest BCUT2D eigenvalue weighted by atomic mass is 35.5. The topological polar surface area (TPSA) is 109 Å². The largest absolute Gasteiger partial charge is 0.459 e. The van der Waals surface area contributed by atoms with Crippen molar-refractivity contribution in [2.45, 2.75) is 25.7 Å². The fourth-order valence-electron chi connectivity index (χ4n) is 3.02. The maximum Gasteiger partial charge on any atom is 0.291 e. The minimum Gasteiger partial charge on any atom is -0.459 e. The Morgan fingerprint density at radius 2 is 1.81 bits per heavy atom. The quantitative estimate of drug-likeness (QED) is 0.465. The summed E-state index contributed by atoms with van der Waals surface area (Å²) in [6, 6.07) is 9.13. The third-order valence-electron chi connectivity index (χ3n) is 4.62. The SMILES string of the molecule is CCN(CC)S(=O)(=O)c1cc(NC(=O)c2sc(NC(=O)c3ccco3)cc2C)ccc1Cl. The molecule has 0 radical (unpaired) electrons. The third kappa shape index (κ3) is 5.04. The van der Waals surface area contributed by atoms with Crippen molar-refractivity contribution in [2.75, 3.05) is 23.7 Å². The van der Waals surface area contributed by atoms with Crippen LogP contribution in [0.15, 0.2) is 52.0 Å². The Hall–Kier alpha value is -2.66. The maximum atomic E-state index is 12.9. The van der Waals surface area contributed by atoms with E-state index in [1.165, 1.54) is 34.8 Å². The number of carbonyl (C=O) groups excluding carboxylic acids is 2. The van der Waals surface area contributed by atoms with E-state index in [-0.39, 0.29) is 15.7 Å².